The van der Waals surface area contributed by atoms with Gasteiger partial charge in [0.25, 0.3) is 5.69 Å². The van der Waals surface area contributed by atoms with E-state index < -0.39 is 4.92 Å². The molecule has 1 aliphatic heterocycles. The highest BCUT2D eigenvalue weighted by Gasteiger charge is 2.29. The molecule has 1 fully saturated rings. The van der Waals surface area contributed by atoms with Crippen molar-refractivity contribution < 1.29 is 9.72 Å². The minimum absolute atomic E-state index is 0.0138. The first-order valence-electron chi connectivity index (χ1n) is 9.18. The Labute approximate surface area is 159 Å². The average Bonchev–Trinajstić information content (AvgIpc) is 3.08. The van der Waals surface area contributed by atoms with Crippen molar-refractivity contribution >= 4 is 17.3 Å². The number of nitro benzene ring substituents is 1. The van der Waals surface area contributed by atoms with Crippen LogP contribution in [0.3, 0.4) is 0 Å². The summed E-state index contributed by atoms with van der Waals surface area (Å²) in [6.45, 7) is 5.44. The number of likely N-dealkylation sites (N-methyl/N-ethyl adjacent to an activating group) is 1. The Balaban J connectivity index is 1.71. The lowest BCUT2D eigenvalue weighted by molar-refractivity contribution is -0.384. The Kier molecular flexibility index (Phi) is 5.56. The molecule has 1 heterocycles. The third kappa shape index (κ3) is 4.34. The Bertz CT molecular complexity index is 828. The molecule has 27 heavy (non-hydrogen) atoms. The third-order valence-electron chi connectivity index (χ3n) is 5.15. The summed E-state index contributed by atoms with van der Waals surface area (Å²) < 4.78 is 0. The van der Waals surface area contributed by atoms with Gasteiger partial charge in [-0.05, 0) is 50.9 Å². The fourth-order valence-electron chi connectivity index (χ4n) is 3.82. The Hall–Kier alpha value is -2.73. The number of amides is 1. The van der Waals surface area contributed by atoms with Gasteiger partial charge >= 0.3 is 0 Å². The first-order chi connectivity index (χ1) is 12.8. The summed E-state index contributed by atoms with van der Waals surface area (Å²) in [4.78, 5) is 26.9. The summed E-state index contributed by atoms with van der Waals surface area (Å²) >= 11 is 0. The second-order valence-electron chi connectivity index (χ2n) is 7.28. The predicted molar refractivity (Wildman–Crippen MR) is 106 cm³/mol. The standard InChI is InChI=1S/C21H25N3O3/c1-15-11-16(2)13-17(12-15)20-5-4-10-23(20)14-21(25)22(3)18-6-8-19(9-7-18)24(26)27/h6-9,11-13,20H,4-5,10,14H2,1-3H3. The molecule has 3 rings (SSSR count). The van der Waals surface area contributed by atoms with E-state index in [0.717, 1.165) is 19.4 Å². The van der Waals surface area contributed by atoms with E-state index in [0.29, 0.717) is 12.2 Å². The van der Waals surface area contributed by atoms with Crippen molar-refractivity contribution in [2.24, 2.45) is 0 Å². The van der Waals surface area contributed by atoms with Crippen molar-refractivity contribution in [2.45, 2.75) is 32.7 Å². The van der Waals surface area contributed by atoms with Gasteiger partial charge in [-0.1, -0.05) is 29.3 Å². The normalized spacial score (nSPS) is 17.1. The molecule has 0 aromatic heterocycles. The lowest BCUT2D eigenvalue weighted by Gasteiger charge is -2.27. The van der Waals surface area contributed by atoms with Gasteiger partial charge in [-0.2, -0.15) is 0 Å². The monoisotopic (exact) mass is 367 g/mol. The molecular formula is C21H25N3O3. The largest absolute Gasteiger partial charge is 0.314 e. The summed E-state index contributed by atoms with van der Waals surface area (Å²) in [6, 6.07) is 12.9. The molecule has 1 aliphatic rings. The smallest absolute Gasteiger partial charge is 0.269 e. The van der Waals surface area contributed by atoms with Gasteiger partial charge in [0, 0.05) is 30.9 Å². The van der Waals surface area contributed by atoms with Gasteiger partial charge in [-0.25, -0.2) is 0 Å². The van der Waals surface area contributed by atoms with Crippen LogP contribution in [0.25, 0.3) is 0 Å². The van der Waals surface area contributed by atoms with E-state index >= 15 is 0 Å². The molecule has 142 valence electrons. The van der Waals surface area contributed by atoms with Crippen LogP contribution in [-0.4, -0.2) is 35.9 Å². The molecule has 6 heteroatoms. The zero-order valence-electron chi connectivity index (χ0n) is 16.0. The summed E-state index contributed by atoms with van der Waals surface area (Å²) in [5, 5.41) is 10.8. The van der Waals surface area contributed by atoms with Gasteiger partial charge in [0.15, 0.2) is 0 Å². The SMILES string of the molecule is Cc1cc(C)cc(C2CCCN2CC(=O)N(C)c2ccc([N+](=O)[O-])cc2)c1. The number of likely N-dealkylation sites (tertiary alicyclic amines) is 1. The third-order valence-corrected chi connectivity index (χ3v) is 5.15. The van der Waals surface area contributed by atoms with E-state index in [2.05, 4.69) is 36.9 Å². The number of hydrogen-bond acceptors (Lipinski definition) is 4. The van der Waals surface area contributed by atoms with Gasteiger partial charge in [-0.15, -0.1) is 0 Å². The maximum Gasteiger partial charge on any atom is 0.269 e. The molecule has 1 atom stereocenters. The van der Waals surface area contributed by atoms with Crippen LogP contribution in [0.2, 0.25) is 0 Å². The first-order valence-corrected chi connectivity index (χ1v) is 9.18. The van der Waals surface area contributed by atoms with Crippen molar-refractivity contribution in [3.8, 4) is 0 Å². The van der Waals surface area contributed by atoms with Crippen molar-refractivity contribution in [1.29, 1.82) is 0 Å². The fraction of sp³-hybridized carbons (Fsp3) is 0.381. The van der Waals surface area contributed by atoms with Crippen LogP contribution in [0.4, 0.5) is 11.4 Å². The van der Waals surface area contributed by atoms with Crippen LogP contribution in [0.15, 0.2) is 42.5 Å². The van der Waals surface area contributed by atoms with E-state index in [4.69, 9.17) is 0 Å². The number of carbonyl (C=O) groups is 1. The summed E-state index contributed by atoms with van der Waals surface area (Å²) in [7, 11) is 1.71. The van der Waals surface area contributed by atoms with Crippen LogP contribution < -0.4 is 4.90 Å². The van der Waals surface area contributed by atoms with Gasteiger partial charge < -0.3 is 4.90 Å². The van der Waals surface area contributed by atoms with Gasteiger partial charge in [0.05, 0.1) is 11.5 Å². The Morgan fingerprint density at radius 2 is 1.81 bits per heavy atom. The molecular weight excluding hydrogens is 342 g/mol. The minimum Gasteiger partial charge on any atom is -0.314 e. The summed E-state index contributed by atoms with van der Waals surface area (Å²) in [5.41, 5.74) is 4.44. The molecule has 0 saturated carbocycles. The van der Waals surface area contributed by atoms with Crippen LogP contribution in [0.1, 0.15) is 35.6 Å². The van der Waals surface area contributed by atoms with Crippen molar-refractivity contribution in [3.63, 3.8) is 0 Å². The number of non-ortho nitro benzene ring substituents is 1. The van der Waals surface area contributed by atoms with E-state index in [-0.39, 0.29) is 17.6 Å². The zero-order chi connectivity index (χ0) is 19.6. The summed E-state index contributed by atoms with van der Waals surface area (Å²) in [5.74, 6) is -0.0138. The molecule has 0 spiro atoms. The number of rotatable bonds is 5. The van der Waals surface area contributed by atoms with E-state index in [1.54, 1.807) is 24.1 Å². The van der Waals surface area contributed by atoms with E-state index in [1.807, 2.05) is 0 Å². The lowest BCUT2D eigenvalue weighted by atomic mass is 9.99. The molecule has 2 aromatic rings. The van der Waals surface area contributed by atoms with Crippen molar-refractivity contribution in [2.75, 3.05) is 25.0 Å². The number of aryl methyl sites for hydroxylation is 2. The van der Waals surface area contributed by atoms with Gasteiger partial charge in [-0.3, -0.25) is 19.8 Å². The quantitative estimate of drug-likeness (QED) is 0.591. The zero-order valence-corrected chi connectivity index (χ0v) is 16.0. The highest BCUT2D eigenvalue weighted by molar-refractivity contribution is 5.94. The second kappa shape index (κ2) is 7.88. The van der Waals surface area contributed by atoms with Crippen molar-refractivity contribution in [1.82, 2.24) is 4.90 Å². The highest BCUT2D eigenvalue weighted by atomic mass is 16.6. The minimum atomic E-state index is -0.440. The number of carbonyl (C=O) groups excluding carboxylic acids is 1. The lowest BCUT2D eigenvalue weighted by Crippen LogP contribution is -2.38. The number of anilines is 1. The Morgan fingerprint density at radius 3 is 2.41 bits per heavy atom. The number of hydrogen-bond donors (Lipinski definition) is 0. The predicted octanol–water partition coefficient (Wildman–Crippen LogP) is 4.01. The second-order valence-corrected chi connectivity index (χ2v) is 7.28. The Morgan fingerprint density at radius 1 is 1.19 bits per heavy atom. The molecule has 1 amide bonds. The molecule has 0 bridgehead atoms. The molecule has 2 aromatic carbocycles. The number of nitrogens with zero attached hydrogens (tertiary/aromatic N) is 3. The molecule has 0 radical (unpaired) electrons. The average molecular weight is 367 g/mol. The van der Waals surface area contributed by atoms with Gasteiger partial charge in [0.1, 0.15) is 0 Å². The summed E-state index contributed by atoms with van der Waals surface area (Å²) in [6.07, 6.45) is 2.13. The van der Waals surface area contributed by atoms with Crippen molar-refractivity contribution in [3.05, 3.63) is 69.3 Å². The van der Waals surface area contributed by atoms with Gasteiger partial charge in [0.2, 0.25) is 5.91 Å². The van der Waals surface area contributed by atoms with E-state index in [1.165, 1.54) is 28.8 Å². The van der Waals surface area contributed by atoms with E-state index in [9.17, 15) is 14.9 Å². The fourth-order valence-corrected chi connectivity index (χ4v) is 3.82. The molecule has 0 N–H and O–H groups in total. The maximum absolute atomic E-state index is 12.8. The first kappa shape index (κ1) is 19.0. The van der Waals surface area contributed by atoms with Crippen LogP contribution >= 0.6 is 0 Å². The van der Waals surface area contributed by atoms with Crippen LogP contribution in [0, 0.1) is 24.0 Å². The maximum atomic E-state index is 12.8. The number of benzene rings is 2. The van der Waals surface area contributed by atoms with Crippen LogP contribution in [-0.2, 0) is 4.79 Å². The molecule has 1 unspecified atom stereocenters. The number of nitro groups is 1. The molecule has 1 saturated heterocycles. The topological polar surface area (TPSA) is 66.7 Å². The highest BCUT2D eigenvalue weighted by Crippen LogP contribution is 2.33. The molecule has 6 nitrogen and oxygen atoms in total. The van der Waals surface area contributed by atoms with Crippen LogP contribution in [0.5, 0.6) is 0 Å². The molecule has 0 aliphatic carbocycles.